The van der Waals surface area contributed by atoms with Crippen LogP contribution < -0.4 is 15.3 Å². The van der Waals surface area contributed by atoms with Gasteiger partial charge in [-0.25, -0.2) is 4.79 Å². The second kappa shape index (κ2) is 6.82. The number of nitrogens with zero attached hydrogens (tertiary/aromatic N) is 1. The first-order chi connectivity index (χ1) is 10.5. The smallest absolute Gasteiger partial charge is 0.335 e. The SMILES string of the molecule is COc1cccc(/C=N/Nc2cc(C(=O)O)ccc2Cl)c1[O-]. The second-order valence-corrected chi connectivity index (χ2v) is 4.66. The first-order valence-electron chi connectivity index (χ1n) is 6.19. The summed E-state index contributed by atoms with van der Waals surface area (Å²) in [5, 5.41) is 25.1. The molecular weight excluding hydrogens is 308 g/mol. The monoisotopic (exact) mass is 319 g/mol. The zero-order chi connectivity index (χ0) is 16.1. The van der Waals surface area contributed by atoms with Gasteiger partial charge in [0.25, 0.3) is 0 Å². The minimum atomic E-state index is -1.07. The molecule has 22 heavy (non-hydrogen) atoms. The number of hydrazone groups is 1. The van der Waals surface area contributed by atoms with Crippen molar-refractivity contribution in [2.45, 2.75) is 0 Å². The Morgan fingerprint density at radius 2 is 2.18 bits per heavy atom. The van der Waals surface area contributed by atoms with Crippen LogP contribution in [0.1, 0.15) is 15.9 Å². The maximum Gasteiger partial charge on any atom is 0.335 e. The van der Waals surface area contributed by atoms with Crippen LogP contribution in [0.25, 0.3) is 0 Å². The summed E-state index contributed by atoms with van der Waals surface area (Å²) in [5.74, 6) is -1.14. The predicted molar refractivity (Wildman–Crippen MR) is 82.1 cm³/mol. The number of nitrogens with one attached hydrogen (secondary N) is 1. The molecule has 2 rings (SSSR count). The van der Waals surface area contributed by atoms with Crippen molar-refractivity contribution in [3.63, 3.8) is 0 Å². The first-order valence-corrected chi connectivity index (χ1v) is 6.56. The third-order valence-corrected chi connectivity index (χ3v) is 3.16. The number of anilines is 1. The van der Waals surface area contributed by atoms with Gasteiger partial charge < -0.3 is 14.9 Å². The molecule has 0 saturated heterocycles. The van der Waals surface area contributed by atoms with Crippen LogP contribution in [-0.4, -0.2) is 24.4 Å². The molecule has 0 heterocycles. The van der Waals surface area contributed by atoms with E-state index in [-0.39, 0.29) is 17.1 Å². The number of para-hydroxylation sites is 1. The van der Waals surface area contributed by atoms with E-state index < -0.39 is 5.97 Å². The molecule has 0 aromatic heterocycles. The van der Waals surface area contributed by atoms with Gasteiger partial charge in [-0.2, -0.15) is 5.10 Å². The van der Waals surface area contributed by atoms with Crippen molar-refractivity contribution in [3.8, 4) is 11.5 Å². The van der Waals surface area contributed by atoms with E-state index in [2.05, 4.69) is 10.5 Å². The molecule has 0 atom stereocenters. The van der Waals surface area contributed by atoms with Gasteiger partial charge in [-0.05, 0) is 29.8 Å². The lowest BCUT2D eigenvalue weighted by molar-refractivity contribution is -0.270. The topological polar surface area (TPSA) is 94.0 Å². The molecule has 0 fully saturated rings. The highest BCUT2D eigenvalue weighted by Crippen LogP contribution is 2.26. The van der Waals surface area contributed by atoms with Gasteiger partial charge in [-0.3, -0.25) is 5.43 Å². The van der Waals surface area contributed by atoms with Crippen LogP contribution >= 0.6 is 11.6 Å². The van der Waals surface area contributed by atoms with Crippen molar-refractivity contribution in [3.05, 3.63) is 52.5 Å². The summed E-state index contributed by atoms with van der Waals surface area (Å²) >= 11 is 5.95. The molecule has 0 bridgehead atoms. The average Bonchev–Trinajstić information content (AvgIpc) is 2.50. The highest BCUT2D eigenvalue weighted by atomic mass is 35.5. The normalized spacial score (nSPS) is 10.6. The summed E-state index contributed by atoms with van der Waals surface area (Å²) < 4.78 is 4.93. The number of carbonyl (C=O) groups is 1. The summed E-state index contributed by atoms with van der Waals surface area (Å²) in [6.07, 6.45) is 1.31. The van der Waals surface area contributed by atoms with Gasteiger partial charge in [-0.15, -0.1) is 0 Å². The van der Waals surface area contributed by atoms with Crippen LogP contribution in [0, 0.1) is 0 Å². The van der Waals surface area contributed by atoms with Crippen LogP contribution in [0.4, 0.5) is 5.69 Å². The zero-order valence-corrected chi connectivity index (χ0v) is 12.3. The highest BCUT2D eigenvalue weighted by Gasteiger charge is 2.06. The Morgan fingerprint density at radius 3 is 2.86 bits per heavy atom. The van der Waals surface area contributed by atoms with Gasteiger partial charge in [-0.1, -0.05) is 29.5 Å². The van der Waals surface area contributed by atoms with Gasteiger partial charge in [0.05, 0.1) is 29.6 Å². The summed E-state index contributed by atoms with van der Waals surface area (Å²) in [6, 6.07) is 9.00. The van der Waals surface area contributed by atoms with Crippen LogP contribution in [0.3, 0.4) is 0 Å². The Labute approximate surface area is 131 Å². The number of carboxylic acids is 1. The highest BCUT2D eigenvalue weighted by molar-refractivity contribution is 6.33. The number of carboxylic acid groups (broad SMARTS) is 1. The Bertz CT molecular complexity index is 731. The van der Waals surface area contributed by atoms with Crippen molar-refractivity contribution < 1.29 is 19.7 Å². The fourth-order valence-corrected chi connectivity index (χ4v) is 1.87. The molecule has 0 saturated carbocycles. The molecule has 2 N–H and O–H groups in total. The number of aromatic carboxylic acids is 1. The van der Waals surface area contributed by atoms with Crippen molar-refractivity contribution in [2.24, 2.45) is 5.10 Å². The van der Waals surface area contributed by atoms with E-state index in [1.54, 1.807) is 18.2 Å². The number of ether oxygens (including phenoxy) is 1. The van der Waals surface area contributed by atoms with Crippen molar-refractivity contribution in [1.29, 1.82) is 0 Å². The van der Waals surface area contributed by atoms with E-state index in [0.29, 0.717) is 16.3 Å². The van der Waals surface area contributed by atoms with E-state index in [4.69, 9.17) is 21.4 Å². The van der Waals surface area contributed by atoms with Crippen molar-refractivity contribution in [2.75, 3.05) is 12.5 Å². The fourth-order valence-electron chi connectivity index (χ4n) is 1.71. The summed E-state index contributed by atoms with van der Waals surface area (Å²) in [4.78, 5) is 10.9. The van der Waals surface area contributed by atoms with E-state index in [1.807, 2.05) is 0 Å². The predicted octanol–water partition coefficient (Wildman–Crippen LogP) is 2.57. The summed E-state index contributed by atoms with van der Waals surface area (Å²) in [6.45, 7) is 0. The molecule has 2 aromatic rings. The number of halogens is 1. The molecular formula is C15H12ClN2O4-. The number of rotatable bonds is 5. The molecule has 2 aromatic carbocycles. The van der Waals surface area contributed by atoms with Gasteiger partial charge in [0.15, 0.2) is 0 Å². The lowest BCUT2D eigenvalue weighted by atomic mass is 10.2. The van der Waals surface area contributed by atoms with E-state index in [0.717, 1.165) is 0 Å². The third kappa shape index (κ3) is 3.48. The van der Waals surface area contributed by atoms with Gasteiger partial charge in [0.1, 0.15) is 5.75 Å². The minimum Gasteiger partial charge on any atom is -0.870 e. The Morgan fingerprint density at radius 1 is 1.41 bits per heavy atom. The molecule has 114 valence electrons. The maximum atomic E-state index is 11.9. The van der Waals surface area contributed by atoms with E-state index in [9.17, 15) is 9.90 Å². The Balaban J connectivity index is 2.19. The van der Waals surface area contributed by atoms with Crippen LogP contribution in [0.2, 0.25) is 5.02 Å². The Kier molecular flexibility index (Phi) is 4.85. The molecule has 0 amide bonds. The standard InChI is InChI=1S/C15H13ClN2O4/c1-22-13-4-2-3-10(14(13)19)8-17-18-12-7-9(15(20)21)5-6-11(12)16/h2-8,18-19H,1H3,(H,20,21)/p-1/b17-8+. The lowest BCUT2D eigenvalue weighted by Crippen LogP contribution is -2.01. The van der Waals surface area contributed by atoms with Crippen LogP contribution in [-0.2, 0) is 0 Å². The first kappa shape index (κ1) is 15.7. The lowest BCUT2D eigenvalue weighted by Gasteiger charge is -2.14. The van der Waals surface area contributed by atoms with Gasteiger partial charge in [0, 0.05) is 0 Å². The molecule has 0 unspecified atom stereocenters. The van der Waals surface area contributed by atoms with Gasteiger partial charge >= 0.3 is 5.97 Å². The van der Waals surface area contributed by atoms with Crippen LogP contribution in [0.15, 0.2) is 41.5 Å². The fraction of sp³-hybridized carbons (Fsp3) is 0.0667. The molecule has 0 aliphatic carbocycles. The van der Waals surface area contributed by atoms with Crippen molar-refractivity contribution in [1.82, 2.24) is 0 Å². The van der Waals surface area contributed by atoms with Gasteiger partial charge in [0.2, 0.25) is 0 Å². The second-order valence-electron chi connectivity index (χ2n) is 4.25. The van der Waals surface area contributed by atoms with E-state index in [1.165, 1.54) is 31.5 Å². The average molecular weight is 320 g/mol. The number of methoxy groups -OCH3 is 1. The summed E-state index contributed by atoms with van der Waals surface area (Å²) in [5.41, 5.74) is 3.35. The van der Waals surface area contributed by atoms with E-state index >= 15 is 0 Å². The quantitative estimate of drug-likeness (QED) is 0.652. The Hall–Kier alpha value is -2.73. The molecule has 0 radical (unpaired) electrons. The minimum absolute atomic E-state index is 0.0768. The molecule has 0 spiro atoms. The summed E-state index contributed by atoms with van der Waals surface area (Å²) in [7, 11) is 1.41. The zero-order valence-electron chi connectivity index (χ0n) is 11.5. The molecule has 0 aliphatic heterocycles. The van der Waals surface area contributed by atoms with Crippen molar-refractivity contribution >= 4 is 29.5 Å². The number of hydrogen-bond acceptors (Lipinski definition) is 5. The van der Waals surface area contributed by atoms with Crippen LogP contribution in [0.5, 0.6) is 11.5 Å². The number of hydrogen-bond donors (Lipinski definition) is 2. The number of benzene rings is 2. The molecule has 7 heteroatoms. The third-order valence-electron chi connectivity index (χ3n) is 2.83. The maximum absolute atomic E-state index is 11.9. The molecule has 0 aliphatic rings. The molecule has 6 nitrogen and oxygen atoms in total. The largest absolute Gasteiger partial charge is 0.870 e.